The molecule has 0 saturated heterocycles. The molecule has 0 aliphatic heterocycles. The van der Waals surface area contributed by atoms with E-state index in [2.05, 4.69) is 71.3 Å². The molecule has 0 bridgehead atoms. The Bertz CT molecular complexity index is 554. The summed E-state index contributed by atoms with van der Waals surface area (Å²) in [5, 5.41) is 3.58. The minimum absolute atomic E-state index is 0.270. The van der Waals surface area contributed by atoms with Crippen molar-refractivity contribution in [2.24, 2.45) is 0 Å². The molecule has 0 aliphatic carbocycles. The Balaban J connectivity index is 2.33. The van der Waals surface area contributed by atoms with Crippen molar-refractivity contribution in [2.45, 2.75) is 32.7 Å². The maximum Gasteiger partial charge on any atom is 0.0450 e. The standard InChI is InChI=1S/C17H21BrN2/c1-4-19-17(13(3)16-7-5-6-10-20-16)14-9-8-12(2)15(18)11-14/h5-11,13,17,19H,4H2,1-3H3. The molecule has 1 aromatic heterocycles. The van der Waals surface area contributed by atoms with Crippen molar-refractivity contribution in [3.05, 3.63) is 63.9 Å². The summed E-state index contributed by atoms with van der Waals surface area (Å²) in [6.07, 6.45) is 1.86. The van der Waals surface area contributed by atoms with Gasteiger partial charge in [-0.3, -0.25) is 4.98 Å². The van der Waals surface area contributed by atoms with Crippen molar-refractivity contribution in [1.29, 1.82) is 0 Å². The van der Waals surface area contributed by atoms with Crippen molar-refractivity contribution in [2.75, 3.05) is 6.54 Å². The highest BCUT2D eigenvalue weighted by Gasteiger charge is 2.21. The fraction of sp³-hybridized carbons (Fsp3) is 0.353. The van der Waals surface area contributed by atoms with E-state index < -0.39 is 0 Å². The van der Waals surface area contributed by atoms with Gasteiger partial charge in [0.25, 0.3) is 0 Å². The van der Waals surface area contributed by atoms with Gasteiger partial charge in [0.2, 0.25) is 0 Å². The molecule has 1 heterocycles. The molecule has 0 aliphatic rings. The minimum atomic E-state index is 0.270. The second-order valence-corrected chi connectivity index (χ2v) is 5.94. The zero-order valence-corrected chi connectivity index (χ0v) is 13.8. The summed E-state index contributed by atoms with van der Waals surface area (Å²) in [6, 6.07) is 12.9. The van der Waals surface area contributed by atoms with E-state index in [4.69, 9.17) is 0 Å². The van der Waals surface area contributed by atoms with Gasteiger partial charge in [0.05, 0.1) is 0 Å². The van der Waals surface area contributed by atoms with Gasteiger partial charge in [0, 0.05) is 28.3 Å². The van der Waals surface area contributed by atoms with E-state index in [-0.39, 0.29) is 6.04 Å². The number of nitrogens with zero attached hydrogens (tertiary/aromatic N) is 1. The second kappa shape index (κ2) is 7.00. The monoisotopic (exact) mass is 332 g/mol. The van der Waals surface area contributed by atoms with Crippen LogP contribution in [0.5, 0.6) is 0 Å². The molecule has 0 radical (unpaired) electrons. The van der Waals surface area contributed by atoms with Crippen molar-refractivity contribution in [3.8, 4) is 0 Å². The van der Waals surface area contributed by atoms with Crippen LogP contribution < -0.4 is 5.32 Å². The van der Waals surface area contributed by atoms with Crippen molar-refractivity contribution < 1.29 is 0 Å². The molecule has 0 amide bonds. The molecule has 3 heteroatoms. The smallest absolute Gasteiger partial charge is 0.0450 e. The molecule has 20 heavy (non-hydrogen) atoms. The van der Waals surface area contributed by atoms with Crippen molar-refractivity contribution >= 4 is 15.9 Å². The maximum absolute atomic E-state index is 4.50. The van der Waals surface area contributed by atoms with Gasteiger partial charge in [-0.25, -0.2) is 0 Å². The lowest BCUT2D eigenvalue weighted by atomic mass is 9.91. The number of pyridine rings is 1. The number of rotatable bonds is 5. The van der Waals surface area contributed by atoms with Gasteiger partial charge in [-0.05, 0) is 42.8 Å². The fourth-order valence-electron chi connectivity index (χ4n) is 2.42. The number of aromatic nitrogens is 1. The Morgan fingerprint density at radius 3 is 2.65 bits per heavy atom. The van der Waals surface area contributed by atoms with Crippen LogP contribution >= 0.6 is 15.9 Å². The summed E-state index contributed by atoms with van der Waals surface area (Å²) in [4.78, 5) is 4.50. The van der Waals surface area contributed by atoms with E-state index in [9.17, 15) is 0 Å². The first-order valence-corrected chi connectivity index (χ1v) is 7.83. The van der Waals surface area contributed by atoms with E-state index >= 15 is 0 Å². The largest absolute Gasteiger partial charge is 0.310 e. The lowest BCUT2D eigenvalue weighted by Gasteiger charge is -2.25. The summed E-state index contributed by atoms with van der Waals surface area (Å²) < 4.78 is 1.16. The molecule has 1 aromatic carbocycles. The minimum Gasteiger partial charge on any atom is -0.310 e. The molecule has 2 unspecified atom stereocenters. The number of benzene rings is 1. The van der Waals surface area contributed by atoms with Gasteiger partial charge in [-0.15, -0.1) is 0 Å². The Labute approximate surface area is 129 Å². The highest BCUT2D eigenvalue weighted by molar-refractivity contribution is 9.10. The summed E-state index contributed by atoms with van der Waals surface area (Å²) in [5.41, 5.74) is 3.67. The predicted molar refractivity (Wildman–Crippen MR) is 87.9 cm³/mol. The van der Waals surface area contributed by atoms with Crippen LogP contribution in [0.15, 0.2) is 47.1 Å². The summed E-state index contributed by atoms with van der Waals surface area (Å²) in [6.45, 7) is 7.41. The molecule has 0 fully saturated rings. The maximum atomic E-state index is 4.50. The van der Waals surface area contributed by atoms with Crippen LogP contribution in [0.3, 0.4) is 0 Å². The van der Waals surface area contributed by atoms with E-state index in [0.29, 0.717) is 5.92 Å². The predicted octanol–water partition coefficient (Wildman–Crippen LogP) is 4.61. The molecule has 1 N–H and O–H groups in total. The summed E-state index contributed by atoms with van der Waals surface area (Å²) in [5.74, 6) is 0.325. The van der Waals surface area contributed by atoms with Crippen LogP contribution in [-0.2, 0) is 0 Å². The van der Waals surface area contributed by atoms with Crippen LogP contribution in [-0.4, -0.2) is 11.5 Å². The summed E-state index contributed by atoms with van der Waals surface area (Å²) >= 11 is 3.63. The zero-order valence-electron chi connectivity index (χ0n) is 12.2. The van der Waals surface area contributed by atoms with E-state index in [1.165, 1.54) is 11.1 Å². The first-order chi connectivity index (χ1) is 9.63. The Hall–Kier alpha value is -1.19. The average molecular weight is 333 g/mol. The number of nitrogens with one attached hydrogen (secondary N) is 1. The third kappa shape index (κ3) is 3.47. The van der Waals surface area contributed by atoms with Gasteiger partial charge in [0.15, 0.2) is 0 Å². The third-order valence-corrected chi connectivity index (χ3v) is 4.49. The Morgan fingerprint density at radius 2 is 2.05 bits per heavy atom. The third-order valence-electron chi connectivity index (χ3n) is 3.63. The van der Waals surface area contributed by atoms with Crippen LogP contribution in [0, 0.1) is 6.92 Å². The lowest BCUT2D eigenvalue weighted by molar-refractivity contribution is 0.472. The first kappa shape index (κ1) is 15.2. The topological polar surface area (TPSA) is 24.9 Å². The van der Waals surface area contributed by atoms with Crippen LogP contribution in [0.1, 0.15) is 42.6 Å². The highest BCUT2D eigenvalue weighted by Crippen LogP contribution is 2.31. The normalized spacial score (nSPS) is 14.0. The number of hydrogen-bond donors (Lipinski definition) is 1. The number of aryl methyl sites for hydroxylation is 1. The van der Waals surface area contributed by atoms with Gasteiger partial charge in [-0.1, -0.05) is 48.0 Å². The van der Waals surface area contributed by atoms with Gasteiger partial charge in [0.1, 0.15) is 0 Å². The van der Waals surface area contributed by atoms with E-state index in [1.807, 2.05) is 18.3 Å². The van der Waals surface area contributed by atoms with E-state index in [1.54, 1.807) is 0 Å². The molecule has 2 atom stereocenters. The van der Waals surface area contributed by atoms with Gasteiger partial charge >= 0.3 is 0 Å². The molecule has 2 rings (SSSR count). The average Bonchev–Trinajstić information content (AvgIpc) is 2.48. The number of likely N-dealkylation sites (N-methyl/N-ethyl adjacent to an activating group) is 1. The molecule has 106 valence electrons. The lowest BCUT2D eigenvalue weighted by Crippen LogP contribution is -2.26. The Kier molecular flexibility index (Phi) is 5.32. The molecule has 2 nitrogen and oxygen atoms in total. The van der Waals surface area contributed by atoms with Crippen LogP contribution in [0.2, 0.25) is 0 Å². The molecular formula is C17H21BrN2. The second-order valence-electron chi connectivity index (χ2n) is 5.09. The highest BCUT2D eigenvalue weighted by atomic mass is 79.9. The van der Waals surface area contributed by atoms with Gasteiger partial charge < -0.3 is 5.32 Å². The summed E-state index contributed by atoms with van der Waals surface area (Å²) in [7, 11) is 0. The SMILES string of the molecule is CCNC(c1ccc(C)c(Br)c1)C(C)c1ccccn1. The first-order valence-electron chi connectivity index (χ1n) is 7.03. The molecule has 0 spiro atoms. The van der Waals surface area contributed by atoms with E-state index in [0.717, 1.165) is 16.7 Å². The van der Waals surface area contributed by atoms with Crippen LogP contribution in [0.25, 0.3) is 0 Å². The number of halogens is 1. The Morgan fingerprint density at radius 1 is 1.25 bits per heavy atom. The molecular weight excluding hydrogens is 312 g/mol. The van der Waals surface area contributed by atoms with Crippen LogP contribution in [0.4, 0.5) is 0 Å². The quantitative estimate of drug-likeness (QED) is 0.864. The number of hydrogen-bond acceptors (Lipinski definition) is 2. The van der Waals surface area contributed by atoms with Gasteiger partial charge in [-0.2, -0.15) is 0 Å². The van der Waals surface area contributed by atoms with Crippen molar-refractivity contribution in [3.63, 3.8) is 0 Å². The molecule has 2 aromatic rings. The zero-order chi connectivity index (χ0) is 14.5. The van der Waals surface area contributed by atoms with Crippen molar-refractivity contribution in [1.82, 2.24) is 10.3 Å². The fourth-order valence-corrected chi connectivity index (χ4v) is 2.82. The molecule has 0 saturated carbocycles.